The average Bonchev–Trinajstić information content (AvgIpc) is 3.37. The van der Waals surface area contributed by atoms with Crippen LogP contribution in [0.5, 0.6) is 11.5 Å². The Morgan fingerprint density at radius 2 is 1.97 bits per heavy atom. The minimum atomic E-state index is -0.436. The quantitative estimate of drug-likeness (QED) is 0.281. The van der Waals surface area contributed by atoms with Gasteiger partial charge in [0, 0.05) is 40.5 Å². The van der Waals surface area contributed by atoms with Crippen LogP contribution in [0.4, 0.5) is 5.69 Å². The number of phenolic OH excluding ortho intramolecular Hbond substituents is 1. The number of aromatic amines is 1. The van der Waals surface area contributed by atoms with E-state index in [1.54, 1.807) is 18.2 Å². The predicted octanol–water partition coefficient (Wildman–Crippen LogP) is 5.57. The molecule has 0 aliphatic rings. The lowest BCUT2D eigenvalue weighted by molar-refractivity contribution is -0.384. The van der Waals surface area contributed by atoms with Crippen LogP contribution in [0.2, 0.25) is 0 Å². The third-order valence-electron chi connectivity index (χ3n) is 5.14. The van der Waals surface area contributed by atoms with Gasteiger partial charge in [0.2, 0.25) is 0 Å². The lowest BCUT2D eigenvalue weighted by Crippen LogP contribution is -1.99. The van der Waals surface area contributed by atoms with Crippen molar-refractivity contribution in [2.24, 2.45) is 0 Å². The number of nitro benzene ring substituents is 1. The molecule has 0 saturated heterocycles. The molecule has 2 aromatic carbocycles. The van der Waals surface area contributed by atoms with Crippen molar-refractivity contribution in [3.8, 4) is 33.3 Å². The Hall–Kier alpha value is -3.72. The molecule has 0 spiro atoms. The predicted molar refractivity (Wildman–Crippen MR) is 123 cm³/mol. The van der Waals surface area contributed by atoms with E-state index in [1.807, 2.05) is 32.2 Å². The zero-order valence-corrected chi connectivity index (χ0v) is 18.7. The molecule has 8 nitrogen and oxygen atoms in total. The zero-order chi connectivity index (χ0) is 22.8. The molecule has 0 atom stereocenters. The van der Waals surface area contributed by atoms with Gasteiger partial charge in [0.1, 0.15) is 28.8 Å². The van der Waals surface area contributed by atoms with Gasteiger partial charge in [-0.3, -0.25) is 15.2 Å². The number of nitrogens with one attached hydrogen (secondary N) is 1. The van der Waals surface area contributed by atoms with E-state index in [9.17, 15) is 15.2 Å². The summed E-state index contributed by atoms with van der Waals surface area (Å²) < 4.78 is 5.94. The SMILES string of the molecule is CCc1cc(-c2n[nH]c(C)c2-c2nc(C)cs2)c(O)cc1OCc1ccc([N+](=O)[O-])cc1. The van der Waals surface area contributed by atoms with Crippen molar-refractivity contribution in [3.63, 3.8) is 0 Å². The highest BCUT2D eigenvalue weighted by molar-refractivity contribution is 7.13. The number of thiazole rings is 1. The third kappa shape index (κ3) is 4.19. The molecule has 9 heteroatoms. The van der Waals surface area contributed by atoms with Gasteiger partial charge in [-0.1, -0.05) is 6.92 Å². The summed E-state index contributed by atoms with van der Waals surface area (Å²) in [6.07, 6.45) is 0.692. The summed E-state index contributed by atoms with van der Waals surface area (Å²) in [5.41, 5.74) is 5.69. The topological polar surface area (TPSA) is 114 Å². The van der Waals surface area contributed by atoms with Crippen LogP contribution in [-0.4, -0.2) is 25.2 Å². The van der Waals surface area contributed by atoms with E-state index >= 15 is 0 Å². The number of aromatic hydroxyl groups is 1. The molecule has 0 unspecified atom stereocenters. The number of aromatic nitrogens is 3. The summed E-state index contributed by atoms with van der Waals surface area (Å²) in [5, 5.41) is 31.9. The largest absolute Gasteiger partial charge is 0.507 e. The molecule has 0 aliphatic heterocycles. The number of ether oxygens (including phenoxy) is 1. The number of H-pyrrole nitrogens is 1. The smallest absolute Gasteiger partial charge is 0.269 e. The second kappa shape index (κ2) is 8.80. The molecular formula is C23H22N4O4S. The second-order valence-corrected chi connectivity index (χ2v) is 8.27. The molecule has 164 valence electrons. The maximum Gasteiger partial charge on any atom is 0.269 e. The summed E-state index contributed by atoms with van der Waals surface area (Å²) in [6.45, 7) is 6.12. The number of non-ortho nitro benzene ring substituents is 1. The summed E-state index contributed by atoms with van der Waals surface area (Å²) in [6, 6.07) is 9.70. The van der Waals surface area contributed by atoms with Gasteiger partial charge in [0.25, 0.3) is 5.69 Å². The Labute approximate surface area is 188 Å². The van der Waals surface area contributed by atoms with E-state index in [4.69, 9.17) is 4.74 Å². The van der Waals surface area contributed by atoms with Gasteiger partial charge in [-0.05, 0) is 49.6 Å². The van der Waals surface area contributed by atoms with E-state index in [0.29, 0.717) is 23.4 Å². The molecule has 0 saturated carbocycles. The Kier molecular flexibility index (Phi) is 5.91. The third-order valence-corrected chi connectivity index (χ3v) is 6.11. The fourth-order valence-electron chi connectivity index (χ4n) is 3.44. The molecule has 2 aromatic heterocycles. The van der Waals surface area contributed by atoms with Crippen molar-refractivity contribution < 1.29 is 14.8 Å². The number of hydrogen-bond acceptors (Lipinski definition) is 7. The van der Waals surface area contributed by atoms with Crippen LogP contribution in [0.25, 0.3) is 21.8 Å². The Morgan fingerprint density at radius 3 is 2.59 bits per heavy atom. The van der Waals surface area contributed by atoms with Crippen LogP contribution < -0.4 is 4.74 Å². The Morgan fingerprint density at radius 1 is 1.22 bits per heavy atom. The Balaban J connectivity index is 1.64. The number of nitrogens with zero attached hydrogens (tertiary/aromatic N) is 3. The number of benzene rings is 2. The van der Waals surface area contributed by atoms with Crippen LogP contribution in [0.3, 0.4) is 0 Å². The van der Waals surface area contributed by atoms with Crippen molar-refractivity contribution in [2.75, 3.05) is 0 Å². The number of nitro groups is 1. The highest BCUT2D eigenvalue weighted by Gasteiger charge is 2.21. The van der Waals surface area contributed by atoms with Gasteiger partial charge in [0.05, 0.1) is 10.5 Å². The van der Waals surface area contributed by atoms with Crippen molar-refractivity contribution in [1.29, 1.82) is 0 Å². The minimum absolute atomic E-state index is 0.0329. The number of phenols is 1. The number of aryl methyl sites for hydroxylation is 3. The van der Waals surface area contributed by atoms with Gasteiger partial charge in [-0.15, -0.1) is 11.3 Å². The van der Waals surface area contributed by atoms with Gasteiger partial charge >= 0.3 is 0 Å². The Bertz CT molecular complexity index is 1280. The fourth-order valence-corrected chi connectivity index (χ4v) is 4.34. The monoisotopic (exact) mass is 450 g/mol. The maximum atomic E-state index is 10.8. The van der Waals surface area contributed by atoms with Crippen LogP contribution >= 0.6 is 11.3 Å². The fraction of sp³-hybridized carbons (Fsp3) is 0.217. The number of rotatable bonds is 7. The lowest BCUT2D eigenvalue weighted by Gasteiger charge is -2.14. The normalized spacial score (nSPS) is 11.0. The first-order chi connectivity index (χ1) is 15.4. The second-order valence-electron chi connectivity index (χ2n) is 7.41. The van der Waals surface area contributed by atoms with E-state index in [2.05, 4.69) is 15.2 Å². The van der Waals surface area contributed by atoms with Crippen LogP contribution in [0.15, 0.2) is 41.8 Å². The molecule has 2 N–H and O–H groups in total. The summed E-state index contributed by atoms with van der Waals surface area (Å²) in [7, 11) is 0. The first kappa shape index (κ1) is 21.5. The summed E-state index contributed by atoms with van der Waals surface area (Å²) >= 11 is 1.54. The van der Waals surface area contributed by atoms with Gasteiger partial charge < -0.3 is 9.84 Å². The van der Waals surface area contributed by atoms with Gasteiger partial charge in [0.15, 0.2) is 0 Å². The highest BCUT2D eigenvalue weighted by atomic mass is 32.1. The zero-order valence-electron chi connectivity index (χ0n) is 17.9. The molecule has 0 fully saturated rings. The van der Waals surface area contributed by atoms with Crippen LogP contribution in [-0.2, 0) is 13.0 Å². The maximum absolute atomic E-state index is 10.8. The van der Waals surface area contributed by atoms with E-state index in [1.165, 1.54) is 23.5 Å². The molecular weight excluding hydrogens is 428 g/mol. The van der Waals surface area contributed by atoms with Crippen molar-refractivity contribution in [1.82, 2.24) is 15.2 Å². The van der Waals surface area contributed by atoms with Gasteiger partial charge in [-0.2, -0.15) is 5.10 Å². The number of hydrogen-bond donors (Lipinski definition) is 2. The van der Waals surface area contributed by atoms with E-state index in [0.717, 1.165) is 33.1 Å². The molecule has 2 heterocycles. The van der Waals surface area contributed by atoms with Crippen molar-refractivity contribution >= 4 is 17.0 Å². The van der Waals surface area contributed by atoms with E-state index in [-0.39, 0.29) is 18.0 Å². The summed E-state index contributed by atoms with van der Waals surface area (Å²) in [5.74, 6) is 0.618. The standard InChI is InChI=1S/C23H22N4O4S/c1-4-16-9-18(22-21(14(3)25-26-22)23-24-13(2)12-32-23)19(28)10-20(16)31-11-15-5-7-17(8-6-15)27(29)30/h5-10,12,28H,4,11H2,1-3H3,(H,25,26). The molecule has 4 rings (SSSR count). The van der Waals surface area contributed by atoms with Crippen LogP contribution in [0, 0.1) is 24.0 Å². The first-order valence-electron chi connectivity index (χ1n) is 10.1. The first-order valence-corrected chi connectivity index (χ1v) is 10.9. The minimum Gasteiger partial charge on any atom is -0.507 e. The summed E-state index contributed by atoms with van der Waals surface area (Å²) in [4.78, 5) is 15.0. The van der Waals surface area contributed by atoms with Crippen LogP contribution in [0.1, 0.15) is 29.4 Å². The molecule has 0 amide bonds. The molecule has 0 radical (unpaired) electrons. The average molecular weight is 451 g/mol. The lowest BCUT2D eigenvalue weighted by atomic mass is 10.0. The molecule has 0 bridgehead atoms. The molecule has 0 aliphatic carbocycles. The van der Waals surface area contributed by atoms with Crippen molar-refractivity contribution in [2.45, 2.75) is 33.8 Å². The highest BCUT2D eigenvalue weighted by Crippen LogP contribution is 2.41. The molecule has 32 heavy (non-hydrogen) atoms. The molecule has 4 aromatic rings. The van der Waals surface area contributed by atoms with E-state index < -0.39 is 4.92 Å². The van der Waals surface area contributed by atoms with Crippen molar-refractivity contribution in [3.05, 3.63) is 74.4 Å². The van der Waals surface area contributed by atoms with Gasteiger partial charge in [-0.25, -0.2) is 4.98 Å².